The van der Waals surface area contributed by atoms with E-state index in [1.807, 2.05) is 30.3 Å². The summed E-state index contributed by atoms with van der Waals surface area (Å²) in [6, 6.07) is 16.1. The predicted octanol–water partition coefficient (Wildman–Crippen LogP) is 4.92. The molecule has 0 unspecified atom stereocenters. The first-order valence-corrected chi connectivity index (χ1v) is 8.08. The average molecular weight is 389 g/mol. The minimum absolute atomic E-state index is 0.323. The number of ether oxygens (including phenoxy) is 2. The number of aromatic nitrogens is 1. The van der Waals surface area contributed by atoms with Crippen molar-refractivity contribution in [3.05, 3.63) is 78.0 Å². The standard InChI is InChI=1S/C20H14F3NO4/c21-20(22,23)28-17-10-14(6-8-16(17)19(25)26)15-7-9-18(24-11-15)27-12-13-4-2-1-3-5-13/h1-11H,12H2,(H,25,26). The molecule has 8 heteroatoms. The van der Waals surface area contributed by atoms with Crippen molar-refractivity contribution in [2.24, 2.45) is 0 Å². The summed E-state index contributed by atoms with van der Waals surface area (Å²) in [4.78, 5) is 15.2. The van der Waals surface area contributed by atoms with Gasteiger partial charge in [0.25, 0.3) is 0 Å². The summed E-state index contributed by atoms with van der Waals surface area (Å²) in [5.74, 6) is -1.96. The second kappa shape index (κ2) is 7.99. The summed E-state index contributed by atoms with van der Waals surface area (Å²) >= 11 is 0. The number of halogens is 3. The summed E-state index contributed by atoms with van der Waals surface area (Å²) < 4.78 is 47.1. The number of hydrogen-bond donors (Lipinski definition) is 1. The fourth-order valence-electron chi connectivity index (χ4n) is 2.46. The number of nitrogens with zero attached hydrogens (tertiary/aromatic N) is 1. The Bertz CT molecular complexity index is 957. The van der Waals surface area contributed by atoms with Crippen molar-refractivity contribution in [3.63, 3.8) is 0 Å². The molecule has 0 saturated heterocycles. The highest BCUT2D eigenvalue weighted by atomic mass is 19.4. The van der Waals surface area contributed by atoms with E-state index in [4.69, 9.17) is 9.84 Å². The molecule has 1 heterocycles. The largest absolute Gasteiger partial charge is 0.573 e. The first-order valence-electron chi connectivity index (χ1n) is 8.08. The molecule has 1 aromatic heterocycles. The molecular formula is C20H14F3NO4. The van der Waals surface area contributed by atoms with Gasteiger partial charge < -0.3 is 14.6 Å². The van der Waals surface area contributed by atoms with E-state index in [1.54, 1.807) is 12.1 Å². The SMILES string of the molecule is O=C(O)c1ccc(-c2ccc(OCc3ccccc3)nc2)cc1OC(F)(F)F. The number of carboxylic acid groups (broad SMARTS) is 1. The maximum Gasteiger partial charge on any atom is 0.573 e. The quantitative estimate of drug-likeness (QED) is 0.648. The summed E-state index contributed by atoms with van der Waals surface area (Å²) in [5, 5.41) is 9.04. The highest BCUT2D eigenvalue weighted by molar-refractivity contribution is 5.92. The Morgan fingerprint density at radius 1 is 1.00 bits per heavy atom. The molecule has 2 aromatic carbocycles. The zero-order chi connectivity index (χ0) is 20.1. The van der Waals surface area contributed by atoms with E-state index < -0.39 is 23.6 Å². The summed E-state index contributed by atoms with van der Waals surface area (Å²) in [6.45, 7) is 0.323. The minimum Gasteiger partial charge on any atom is -0.478 e. The van der Waals surface area contributed by atoms with Gasteiger partial charge >= 0.3 is 12.3 Å². The lowest BCUT2D eigenvalue weighted by Crippen LogP contribution is -2.19. The van der Waals surface area contributed by atoms with Crippen molar-refractivity contribution in [3.8, 4) is 22.8 Å². The molecule has 0 radical (unpaired) electrons. The molecule has 1 N–H and O–H groups in total. The van der Waals surface area contributed by atoms with Crippen LogP contribution >= 0.6 is 0 Å². The Balaban J connectivity index is 1.79. The minimum atomic E-state index is -5.00. The summed E-state index contributed by atoms with van der Waals surface area (Å²) in [7, 11) is 0. The van der Waals surface area contributed by atoms with Gasteiger partial charge in [-0.25, -0.2) is 9.78 Å². The maximum atomic E-state index is 12.6. The van der Waals surface area contributed by atoms with Crippen LogP contribution in [-0.4, -0.2) is 22.4 Å². The van der Waals surface area contributed by atoms with Gasteiger partial charge in [0, 0.05) is 17.8 Å². The molecule has 0 fully saturated rings. The molecule has 0 bridgehead atoms. The van der Waals surface area contributed by atoms with Crippen LogP contribution in [0.3, 0.4) is 0 Å². The van der Waals surface area contributed by atoms with Crippen LogP contribution in [0.5, 0.6) is 11.6 Å². The number of alkyl halides is 3. The van der Waals surface area contributed by atoms with Gasteiger partial charge in [0.1, 0.15) is 17.9 Å². The summed E-state index contributed by atoms with van der Waals surface area (Å²) in [5.41, 5.74) is 1.19. The van der Waals surface area contributed by atoms with Crippen LogP contribution in [0.2, 0.25) is 0 Å². The van der Waals surface area contributed by atoms with Gasteiger partial charge in [0.05, 0.1) is 0 Å². The fourth-order valence-corrected chi connectivity index (χ4v) is 2.46. The third-order valence-electron chi connectivity index (χ3n) is 3.74. The maximum absolute atomic E-state index is 12.6. The van der Waals surface area contributed by atoms with Gasteiger partial charge in [-0.3, -0.25) is 0 Å². The average Bonchev–Trinajstić information content (AvgIpc) is 2.66. The highest BCUT2D eigenvalue weighted by Gasteiger charge is 2.33. The number of benzene rings is 2. The van der Waals surface area contributed by atoms with E-state index in [2.05, 4.69) is 9.72 Å². The van der Waals surface area contributed by atoms with Crippen LogP contribution < -0.4 is 9.47 Å². The van der Waals surface area contributed by atoms with Gasteiger partial charge in [-0.05, 0) is 29.3 Å². The second-order valence-corrected chi connectivity index (χ2v) is 5.72. The first-order chi connectivity index (χ1) is 13.3. The van der Waals surface area contributed by atoms with Crippen LogP contribution in [-0.2, 0) is 6.61 Å². The smallest absolute Gasteiger partial charge is 0.478 e. The van der Waals surface area contributed by atoms with E-state index in [1.165, 1.54) is 12.3 Å². The normalized spacial score (nSPS) is 11.1. The Morgan fingerprint density at radius 2 is 1.71 bits per heavy atom. The molecule has 0 amide bonds. The summed E-state index contributed by atoms with van der Waals surface area (Å²) in [6.07, 6.45) is -3.58. The third kappa shape index (κ3) is 5.00. The fraction of sp³-hybridized carbons (Fsp3) is 0.100. The van der Waals surface area contributed by atoms with Crippen LogP contribution in [0.4, 0.5) is 13.2 Å². The number of rotatable bonds is 6. The Labute approximate surface area is 158 Å². The zero-order valence-electron chi connectivity index (χ0n) is 14.3. The number of carboxylic acids is 1. The van der Waals surface area contributed by atoms with Crippen LogP contribution in [0.25, 0.3) is 11.1 Å². The molecular weight excluding hydrogens is 375 g/mol. The lowest BCUT2D eigenvalue weighted by molar-refractivity contribution is -0.274. The lowest BCUT2D eigenvalue weighted by atomic mass is 10.0. The Hall–Kier alpha value is -3.55. The molecule has 3 rings (SSSR count). The van der Waals surface area contributed by atoms with Crippen LogP contribution in [0.1, 0.15) is 15.9 Å². The van der Waals surface area contributed by atoms with Crippen molar-refractivity contribution in [2.75, 3.05) is 0 Å². The number of aromatic carboxylic acids is 1. The highest BCUT2D eigenvalue weighted by Crippen LogP contribution is 2.31. The molecule has 0 spiro atoms. The molecule has 3 aromatic rings. The molecule has 28 heavy (non-hydrogen) atoms. The van der Waals surface area contributed by atoms with E-state index >= 15 is 0 Å². The third-order valence-corrected chi connectivity index (χ3v) is 3.74. The number of pyridine rings is 1. The molecule has 5 nitrogen and oxygen atoms in total. The molecule has 0 aliphatic rings. The molecule has 0 saturated carbocycles. The monoisotopic (exact) mass is 389 g/mol. The van der Waals surface area contributed by atoms with Crippen molar-refractivity contribution in [1.29, 1.82) is 0 Å². The molecule has 0 atom stereocenters. The van der Waals surface area contributed by atoms with Gasteiger partial charge in [0.2, 0.25) is 5.88 Å². The van der Waals surface area contributed by atoms with Crippen molar-refractivity contribution in [2.45, 2.75) is 13.0 Å². The van der Waals surface area contributed by atoms with Gasteiger partial charge in [0.15, 0.2) is 0 Å². The van der Waals surface area contributed by atoms with Crippen LogP contribution in [0.15, 0.2) is 66.9 Å². The van der Waals surface area contributed by atoms with Crippen molar-refractivity contribution >= 4 is 5.97 Å². The first kappa shape index (κ1) is 19.2. The van der Waals surface area contributed by atoms with Gasteiger partial charge in [-0.15, -0.1) is 13.2 Å². The number of hydrogen-bond acceptors (Lipinski definition) is 4. The molecule has 144 valence electrons. The van der Waals surface area contributed by atoms with Crippen LogP contribution in [0, 0.1) is 0 Å². The number of carbonyl (C=O) groups is 1. The molecule has 0 aliphatic carbocycles. The van der Waals surface area contributed by atoms with Crippen molar-refractivity contribution in [1.82, 2.24) is 4.98 Å². The topological polar surface area (TPSA) is 68.7 Å². The lowest BCUT2D eigenvalue weighted by Gasteiger charge is -2.13. The van der Waals surface area contributed by atoms with Gasteiger partial charge in [-0.1, -0.05) is 36.4 Å². The van der Waals surface area contributed by atoms with E-state index in [0.717, 1.165) is 17.7 Å². The van der Waals surface area contributed by atoms with E-state index in [0.29, 0.717) is 23.6 Å². The zero-order valence-corrected chi connectivity index (χ0v) is 14.3. The predicted molar refractivity (Wildman–Crippen MR) is 94.1 cm³/mol. The van der Waals surface area contributed by atoms with E-state index in [-0.39, 0.29) is 0 Å². The molecule has 0 aliphatic heterocycles. The van der Waals surface area contributed by atoms with Crippen molar-refractivity contribution < 1.29 is 32.5 Å². The second-order valence-electron chi connectivity index (χ2n) is 5.72. The van der Waals surface area contributed by atoms with E-state index in [9.17, 15) is 18.0 Å². The Kier molecular flexibility index (Phi) is 5.49. The van der Waals surface area contributed by atoms with Gasteiger partial charge in [-0.2, -0.15) is 0 Å². The Morgan fingerprint density at radius 3 is 2.32 bits per heavy atom.